The number of rotatable bonds is 4. The molecule has 2 N–H and O–H groups in total. The van der Waals surface area contributed by atoms with E-state index in [-0.39, 0.29) is 5.56 Å². The summed E-state index contributed by atoms with van der Waals surface area (Å²) in [5.74, 6) is -1.38. The van der Waals surface area contributed by atoms with Gasteiger partial charge in [-0.15, -0.1) is 0 Å². The standard InChI is InChI=1S/C10H11F3N2O2/c1-6-2-3-7(4-14-6)8(9(16)17)15-5-10(11,12)13/h2-4,8,15H,5H2,1H3,(H,16,17). The quantitative estimate of drug-likeness (QED) is 0.850. The number of pyridine rings is 1. The molecule has 1 rings (SSSR count). The lowest BCUT2D eigenvalue weighted by Gasteiger charge is -2.15. The van der Waals surface area contributed by atoms with Crippen molar-refractivity contribution in [1.82, 2.24) is 10.3 Å². The minimum absolute atomic E-state index is 0.187. The number of aryl methyl sites for hydroxylation is 1. The first kappa shape index (κ1) is 13.4. The predicted octanol–water partition coefficient (Wildman–Crippen LogP) is 1.67. The summed E-state index contributed by atoms with van der Waals surface area (Å²) in [4.78, 5) is 14.7. The van der Waals surface area contributed by atoms with Gasteiger partial charge >= 0.3 is 12.1 Å². The largest absolute Gasteiger partial charge is 0.480 e. The summed E-state index contributed by atoms with van der Waals surface area (Å²) in [5.41, 5.74) is 0.848. The Morgan fingerprint density at radius 2 is 2.18 bits per heavy atom. The average Bonchev–Trinajstić information content (AvgIpc) is 2.18. The van der Waals surface area contributed by atoms with Crippen molar-refractivity contribution in [2.24, 2.45) is 0 Å². The van der Waals surface area contributed by atoms with Crippen molar-refractivity contribution in [2.75, 3.05) is 6.54 Å². The van der Waals surface area contributed by atoms with Crippen molar-refractivity contribution in [3.8, 4) is 0 Å². The average molecular weight is 248 g/mol. The van der Waals surface area contributed by atoms with Crippen LogP contribution in [0, 0.1) is 6.92 Å². The Hall–Kier alpha value is -1.63. The molecule has 0 amide bonds. The Labute approximate surface area is 95.5 Å². The third kappa shape index (κ3) is 4.39. The zero-order chi connectivity index (χ0) is 13.1. The molecule has 0 aliphatic heterocycles. The molecule has 0 radical (unpaired) electrons. The fourth-order valence-corrected chi connectivity index (χ4v) is 1.22. The van der Waals surface area contributed by atoms with Crippen LogP contribution in [0.4, 0.5) is 13.2 Å². The lowest BCUT2D eigenvalue weighted by Crippen LogP contribution is -2.36. The van der Waals surface area contributed by atoms with Gasteiger partial charge in [0.15, 0.2) is 0 Å². The Kier molecular flexibility index (Phi) is 4.06. The second-order valence-electron chi connectivity index (χ2n) is 3.50. The van der Waals surface area contributed by atoms with Gasteiger partial charge in [0, 0.05) is 11.9 Å². The maximum Gasteiger partial charge on any atom is 0.401 e. The highest BCUT2D eigenvalue weighted by atomic mass is 19.4. The number of hydrogen-bond donors (Lipinski definition) is 2. The molecule has 0 spiro atoms. The summed E-state index contributed by atoms with van der Waals surface area (Å²) in [7, 11) is 0. The lowest BCUT2D eigenvalue weighted by atomic mass is 10.1. The minimum Gasteiger partial charge on any atom is -0.480 e. The topological polar surface area (TPSA) is 62.2 Å². The number of carboxylic acids is 1. The van der Waals surface area contributed by atoms with Gasteiger partial charge in [0.25, 0.3) is 0 Å². The molecule has 0 fully saturated rings. The third-order valence-electron chi connectivity index (χ3n) is 2.02. The van der Waals surface area contributed by atoms with Crippen LogP contribution in [0.1, 0.15) is 17.3 Å². The number of carboxylic acid groups (broad SMARTS) is 1. The van der Waals surface area contributed by atoms with Crippen LogP contribution in [0.5, 0.6) is 0 Å². The first-order valence-corrected chi connectivity index (χ1v) is 4.75. The molecule has 4 nitrogen and oxygen atoms in total. The van der Waals surface area contributed by atoms with Gasteiger partial charge in [0.05, 0.1) is 6.54 Å². The molecule has 0 aromatic carbocycles. The Balaban J connectivity index is 2.79. The predicted molar refractivity (Wildman–Crippen MR) is 53.4 cm³/mol. The monoisotopic (exact) mass is 248 g/mol. The fourth-order valence-electron chi connectivity index (χ4n) is 1.22. The number of halogens is 3. The number of carbonyl (C=O) groups is 1. The molecule has 0 aliphatic carbocycles. The van der Waals surface area contributed by atoms with Gasteiger partial charge in [-0.3, -0.25) is 15.1 Å². The molecule has 1 aromatic heterocycles. The minimum atomic E-state index is -4.45. The summed E-state index contributed by atoms with van der Waals surface area (Å²) in [6, 6.07) is 1.56. The SMILES string of the molecule is Cc1ccc(C(NCC(F)(F)F)C(=O)O)cn1. The number of hydrogen-bond acceptors (Lipinski definition) is 3. The van der Waals surface area contributed by atoms with Crippen LogP contribution >= 0.6 is 0 Å². The van der Waals surface area contributed by atoms with Crippen molar-refractivity contribution < 1.29 is 23.1 Å². The van der Waals surface area contributed by atoms with E-state index in [9.17, 15) is 18.0 Å². The van der Waals surface area contributed by atoms with Gasteiger partial charge in [-0.1, -0.05) is 6.07 Å². The van der Waals surface area contributed by atoms with Crippen molar-refractivity contribution >= 4 is 5.97 Å². The van der Waals surface area contributed by atoms with Crippen molar-refractivity contribution in [1.29, 1.82) is 0 Å². The van der Waals surface area contributed by atoms with Crippen LogP contribution in [0.3, 0.4) is 0 Å². The first-order valence-electron chi connectivity index (χ1n) is 4.75. The zero-order valence-electron chi connectivity index (χ0n) is 8.95. The normalized spacial score (nSPS) is 13.4. The van der Waals surface area contributed by atoms with Gasteiger partial charge in [0.1, 0.15) is 6.04 Å². The molecule has 1 aromatic rings. The second-order valence-corrected chi connectivity index (χ2v) is 3.50. The van der Waals surface area contributed by atoms with Crippen LogP contribution in [-0.4, -0.2) is 28.8 Å². The number of nitrogens with zero attached hydrogens (tertiary/aromatic N) is 1. The smallest absolute Gasteiger partial charge is 0.401 e. The molecular weight excluding hydrogens is 237 g/mol. The summed E-state index contributed by atoms with van der Waals surface area (Å²) in [5, 5.41) is 10.8. The van der Waals surface area contributed by atoms with Gasteiger partial charge in [-0.25, -0.2) is 0 Å². The number of aliphatic carboxylic acids is 1. The van der Waals surface area contributed by atoms with E-state index >= 15 is 0 Å². The first-order chi connectivity index (χ1) is 7.79. The number of alkyl halides is 3. The number of nitrogens with one attached hydrogen (secondary N) is 1. The number of aromatic nitrogens is 1. The fraction of sp³-hybridized carbons (Fsp3) is 0.400. The van der Waals surface area contributed by atoms with Crippen LogP contribution in [0.25, 0.3) is 0 Å². The molecule has 1 heterocycles. The van der Waals surface area contributed by atoms with Crippen molar-refractivity contribution in [3.63, 3.8) is 0 Å². The van der Waals surface area contributed by atoms with Gasteiger partial charge < -0.3 is 5.11 Å². The molecule has 0 aliphatic rings. The van der Waals surface area contributed by atoms with E-state index in [1.807, 2.05) is 5.32 Å². The summed E-state index contributed by atoms with van der Waals surface area (Å²) in [6.07, 6.45) is -3.21. The summed E-state index contributed by atoms with van der Waals surface area (Å²) >= 11 is 0. The van der Waals surface area contributed by atoms with Crippen LogP contribution < -0.4 is 5.32 Å². The van der Waals surface area contributed by atoms with E-state index in [0.717, 1.165) is 0 Å². The van der Waals surface area contributed by atoms with Gasteiger partial charge in [-0.05, 0) is 18.6 Å². The van der Waals surface area contributed by atoms with Crippen molar-refractivity contribution in [2.45, 2.75) is 19.1 Å². The highest BCUT2D eigenvalue weighted by Crippen LogP contribution is 2.17. The lowest BCUT2D eigenvalue weighted by molar-refractivity contribution is -0.143. The maximum atomic E-state index is 12.0. The van der Waals surface area contributed by atoms with Gasteiger partial charge in [-0.2, -0.15) is 13.2 Å². The van der Waals surface area contributed by atoms with Gasteiger partial charge in [0.2, 0.25) is 0 Å². The Morgan fingerprint density at radius 3 is 2.59 bits per heavy atom. The van der Waals surface area contributed by atoms with Crippen LogP contribution in [0.15, 0.2) is 18.3 Å². The van der Waals surface area contributed by atoms with E-state index < -0.39 is 24.7 Å². The highest BCUT2D eigenvalue weighted by molar-refractivity contribution is 5.75. The molecule has 94 valence electrons. The van der Waals surface area contributed by atoms with E-state index in [4.69, 9.17) is 5.11 Å². The molecule has 1 atom stereocenters. The molecule has 0 saturated heterocycles. The van der Waals surface area contributed by atoms with Crippen LogP contribution in [0.2, 0.25) is 0 Å². The van der Waals surface area contributed by atoms with Crippen LogP contribution in [-0.2, 0) is 4.79 Å². The highest BCUT2D eigenvalue weighted by Gasteiger charge is 2.30. The maximum absolute atomic E-state index is 12.0. The summed E-state index contributed by atoms with van der Waals surface area (Å²) < 4.78 is 36.0. The molecule has 17 heavy (non-hydrogen) atoms. The molecule has 0 saturated carbocycles. The molecule has 7 heteroatoms. The zero-order valence-corrected chi connectivity index (χ0v) is 8.95. The van der Waals surface area contributed by atoms with E-state index in [1.165, 1.54) is 12.3 Å². The molecule has 0 bridgehead atoms. The Morgan fingerprint density at radius 1 is 1.53 bits per heavy atom. The van der Waals surface area contributed by atoms with Crippen molar-refractivity contribution in [3.05, 3.63) is 29.6 Å². The van der Waals surface area contributed by atoms with E-state index in [1.54, 1.807) is 13.0 Å². The van der Waals surface area contributed by atoms with E-state index in [2.05, 4.69) is 4.98 Å². The molecular formula is C10H11F3N2O2. The molecule has 1 unspecified atom stereocenters. The van der Waals surface area contributed by atoms with E-state index in [0.29, 0.717) is 5.69 Å². The Bertz CT molecular complexity index is 390. The summed E-state index contributed by atoms with van der Waals surface area (Å²) in [6.45, 7) is 0.334. The second kappa shape index (κ2) is 5.13. The third-order valence-corrected chi connectivity index (χ3v) is 2.02.